The van der Waals surface area contributed by atoms with Gasteiger partial charge in [0.15, 0.2) is 0 Å². The van der Waals surface area contributed by atoms with Crippen molar-refractivity contribution in [3.63, 3.8) is 0 Å². The molecular weight excluding hydrogens is 264 g/mol. The number of ether oxygens (including phenoxy) is 1. The van der Waals surface area contributed by atoms with Crippen LogP contribution in [0.2, 0.25) is 0 Å². The third-order valence-corrected chi connectivity index (χ3v) is 3.82. The number of hydrogen-bond acceptors (Lipinski definition) is 5. The molecule has 7 heteroatoms. The largest absolute Gasteiger partial charge is 0.369 e. The van der Waals surface area contributed by atoms with Gasteiger partial charge in [0.25, 0.3) is 0 Å². The Morgan fingerprint density at radius 1 is 1.58 bits per heavy atom. The smallest absolute Gasteiger partial charge is 0.323 e. The highest BCUT2D eigenvalue weighted by Crippen LogP contribution is 2.22. The van der Waals surface area contributed by atoms with Crippen LogP contribution >= 0.6 is 11.3 Å². The van der Waals surface area contributed by atoms with Crippen molar-refractivity contribution in [3.8, 4) is 0 Å². The SMILES string of the molecule is CCc1nnc(NC(=O)N2CC(C)OC(C)(C)C2)s1. The number of aromatic nitrogens is 2. The molecule has 0 radical (unpaired) electrons. The third-order valence-electron chi connectivity index (χ3n) is 2.84. The molecule has 2 heterocycles. The Hall–Kier alpha value is -1.21. The fourth-order valence-corrected chi connectivity index (χ4v) is 2.90. The highest BCUT2D eigenvalue weighted by atomic mass is 32.1. The summed E-state index contributed by atoms with van der Waals surface area (Å²) in [4.78, 5) is 14.0. The molecule has 1 unspecified atom stereocenters. The predicted octanol–water partition coefficient (Wildman–Crippen LogP) is 2.13. The fraction of sp³-hybridized carbons (Fsp3) is 0.750. The van der Waals surface area contributed by atoms with Gasteiger partial charge < -0.3 is 9.64 Å². The van der Waals surface area contributed by atoms with Crippen LogP contribution in [0.5, 0.6) is 0 Å². The van der Waals surface area contributed by atoms with Crippen LogP contribution in [0.3, 0.4) is 0 Å². The maximum absolute atomic E-state index is 12.2. The van der Waals surface area contributed by atoms with E-state index in [2.05, 4.69) is 15.5 Å². The zero-order chi connectivity index (χ0) is 14.0. The first-order chi connectivity index (χ1) is 8.89. The summed E-state index contributed by atoms with van der Waals surface area (Å²) in [6, 6.07) is -0.137. The third kappa shape index (κ3) is 3.63. The second-order valence-electron chi connectivity index (χ2n) is 5.35. The summed E-state index contributed by atoms with van der Waals surface area (Å²) in [5, 5.41) is 12.2. The second-order valence-corrected chi connectivity index (χ2v) is 6.42. The summed E-state index contributed by atoms with van der Waals surface area (Å²) in [6.07, 6.45) is 0.866. The number of morpholine rings is 1. The monoisotopic (exact) mass is 284 g/mol. The Labute approximate surface area is 117 Å². The molecule has 1 aromatic rings. The summed E-state index contributed by atoms with van der Waals surface area (Å²) in [7, 11) is 0. The Bertz CT molecular complexity index is 460. The van der Waals surface area contributed by atoms with Gasteiger partial charge in [-0.3, -0.25) is 5.32 Å². The van der Waals surface area contributed by atoms with Gasteiger partial charge in [-0.05, 0) is 27.2 Å². The van der Waals surface area contributed by atoms with Crippen LogP contribution in [-0.2, 0) is 11.2 Å². The summed E-state index contributed by atoms with van der Waals surface area (Å²) in [5.41, 5.74) is -0.315. The molecule has 1 N–H and O–H groups in total. The number of carbonyl (C=O) groups excluding carboxylic acids is 1. The Morgan fingerprint density at radius 3 is 2.89 bits per heavy atom. The van der Waals surface area contributed by atoms with Crippen LogP contribution < -0.4 is 5.32 Å². The zero-order valence-electron chi connectivity index (χ0n) is 11.8. The van der Waals surface area contributed by atoms with Crippen LogP contribution in [0.1, 0.15) is 32.7 Å². The average Bonchev–Trinajstić information content (AvgIpc) is 2.74. The summed E-state index contributed by atoms with van der Waals surface area (Å²) < 4.78 is 5.78. The molecular formula is C12H20N4O2S. The van der Waals surface area contributed by atoms with Gasteiger partial charge >= 0.3 is 6.03 Å². The lowest BCUT2D eigenvalue weighted by Gasteiger charge is -2.41. The average molecular weight is 284 g/mol. The lowest BCUT2D eigenvalue weighted by atomic mass is 10.1. The minimum atomic E-state index is -0.315. The van der Waals surface area contributed by atoms with Crippen molar-refractivity contribution < 1.29 is 9.53 Å². The summed E-state index contributed by atoms with van der Waals surface area (Å²) in [6.45, 7) is 9.13. The molecule has 1 fully saturated rings. The van der Waals surface area contributed by atoms with E-state index in [0.29, 0.717) is 18.2 Å². The van der Waals surface area contributed by atoms with Crippen LogP contribution in [0.15, 0.2) is 0 Å². The molecule has 0 spiro atoms. The predicted molar refractivity (Wildman–Crippen MR) is 74.5 cm³/mol. The summed E-state index contributed by atoms with van der Waals surface area (Å²) >= 11 is 1.41. The van der Waals surface area contributed by atoms with Crippen molar-refractivity contribution in [1.82, 2.24) is 15.1 Å². The number of carbonyl (C=O) groups is 1. The van der Waals surface area contributed by atoms with E-state index >= 15 is 0 Å². The van der Waals surface area contributed by atoms with E-state index < -0.39 is 0 Å². The van der Waals surface area contributed by atoms with E-state index in [-0.39, 0.29) is 17.7 Å². The minimum Gasteiger partial charge on any atom is -0.369 e. The zero-order valence-corrected chi connectivity index (χ0v) is 12.6. The van der Waals surface area contributed by atoms with E-state index in [1.54, 1.807) is 4.90 Å². The van der Waals surface area contributed by atoms with Crippen molar-refractivity contribution in [2.24, 2.45) is 0 Å². The van der Waals surface area contributed by atoms with Crippen molar-refractivity contribution in [3.05, 3.63) is 5.01 Å². The number of rotatable bonds is 2. The number of nitrogens with zero attached hydrogens (tertiary/aromatic N) is 3. The van der Waals surface area contributed by atoms with Gasteiger partial charge in [0.05, 0.1) is 18.2 Å². The van der Waals surface area contributed by atoms with E-state index in [4.69, 9.17) is 4.74 Å². The molecule has 106 valence electrons. The number of urea groups is 1. The van der Waals surface area contributed by atoms with Crippen molar-refractivity contribution >= 4 is 22.5 Å². The van der Waals surface area contributed by atoms with Crippen LogP contribution in [0.25, 0.3) is 0 Å². The number of hydrogen-bond donors (Lipinski definition) is 1. The van der Waals surface area contributed by atoms with Crippen molar-refractivity contribution in [2.45, 2.75) is 45.8 Å². The normalized spacial score (nSPS) is 22.3. The molecule has 1 aliphatic heterocycles. The van der Waals surface area contributed by atoms with Gasteiger partial charge in [0, 0.05) is 6.54 Å². The second kappa shape index (κ2) is 5.42. The van der Waals surface area contributed by atoms with Crippen LogP contribution in [0, 0.1) is 0 Å². The van der Waals surface area contributed by atoms with Gasteiger partial charge in [0.2, 0.25) is 5.13 Å². The molecule has 1 aromatic heterocycles. The molecule has 6 nitrogen and oxygen atoms in total. The van der Waals surface area contributed by atoms with E-state index in [1.807, 2.05) is 27.7 Å². The lowest BCUT2D eigenvalue weighted by Crippen LogP contribution is -2.54. The topological polar surface area (TPSA) is 67.4 Å². The maximum Gasteiger partial charge on any atom is 0.323 e. The first-order valence-electron chi connectivity index (χ1n) is 6.46. The Morgan fingerprint density at radius 2 is 2.32 bits per heavy atom. The number of amides is 2. The van der Waals surface area contributed by atoms with Gasteiger partial charge in [-0.15, -0.1) is 10.2 Å². The standard InChI is InChI=1S/C12H20N4O2S/c1-5-9-14-15-10(19-9)13-11(17)16-6-8(2)18-12(3,4)7-16/h8H,5-7H2,1-4H3,(H,13,15,17). The maximum atomic E-state index is 12.2. The Balaban J connectivity index is 1.99. The summed E-state index contributed by atoms with van der Waals surface area (Å²) in [5.74, 6) is 0. The van der Waals surface area contributed by atoms with Gasteiger partial charge in [-0.25, -0.2) is 4.79 Å². The number of anilines is 1. The van der Waals surface area contributed by atoms with Crippen molar-refractivity contribution in [2.75, 3.05) is 18.4 Å². The van der Waals surface area contributed by atoms with Crippen LogP contribution in [0.4, 0.5) is 9.93 Å². The number of nitrogens with one attached hydrogen (secondary N) is 1. The molecule has 0 aliphatic carbocycles. The van der Waals surface area contributed by atoms with Crippen LogP contribution in [-0.4, -0.2) is 45.9 Å². The molecule has 1 atom stereocenters. The molecule has 0 bridgehead atoms. The van der Waals surface area contributed by atoms with E-state index in [0.717, 1.165) is 11.4 Å². The molecule has 2 rings (SSSR count). The minimum absolute atomic E-state index is 0.0372. The molecule has 0 saturated carbocycles. The van der Waals surface area contributed by atoms with E-state index in [9.17, 15) is 4.79 Å². The molecule has 0 aromatic carbocycles. The van der Waals surface area contributed by atoms with Gasteiger partial charge in [0.1, 0.15) is 5.01 Å². The van der Waals surface area contributed by atoms with Gasteiger partial charge in [-0.2, -0.15) is 0 Å². The van der Waals surface area contributed by atoms with E-state index in [1.165, 1.54) is 11.3 Å². The quantitative estimate of drug-likeness (QED) is 0.903. The highest BCUT2D eigenvalue weighted by Gasteiger charge is 2.33. The van der Waals surface area contributed by atoms with Crippen molar-refractivity contribution in [1.29, 1.82) is 0 Å². The lowest BCUT2D eigenvalue weighted by molar-refractivity contribution is -0.116. The first-order valence-corrected chi connectivity index (χ1v) is 7.27. The molecule has 1 saturated heterocycles. The molecule has 2 amide bonds. The molecule has 19 heavy (non-hydrogen) atoms. The fourth-order valence-electron chi connectivity index (χ4n) is 2.23. The first kappa shape index (κ1) is 14.2. The number of aryl methyl sites for hydroxylation is 1. The Kier molecular flexibility index (Phi) is 4.05. The highest BCUT2D eigenvalue weighted by molar-refractivity contribution is 7.15. The van der Waals surface area contributed by atoms with Gasteiger partial charge in [-0.1, -0.05) is 18.3 Å². The molecule has 1 aliphatic rings.